The Morgan fingerprint density at radius 1 is 1.41 bits per heavy atom. The van der Waals surface area contributed by atoms with Crippen LogP contribution >= 0.6 is 0 Å². The molecule has 1 heterocycles. The van der Waals surface area contributed by atoms with Gasteiger partial charge in [-0.05, 0) is 40.2 Å². The van der Waals surface area contributed by atoms with E-state index in [1.165, 1.54) is 4.68 Å². The highest BCUT2D eigenvalue weighted by molar-refractivity contribution is 5.77. The third-order valence-electron chi connectivity index (χ3n) is 3.14. The first-order valence-corrected chi connectivity index (χ1v) is 7.16. The fourth-order valence-corrected chi connectivity index (χ4v) is 2.06. The Bertz CT molecular complexity index is 664. The van der Waals surface area contributed by atoms with Crippen LogP contribution in [0.15, 0.2) is 4.79 Å². The van der Waals surface area contributed by atoms with Gasteiger partial charge in [0.25, 0.3) is 11.5 Å². The summed E-state index contributed by atoms with van der Waals surface area (Å²) in [5.74, 6) is -0.0950. The van der Waals surface area contributed by atoms with Gasteiger partial charge in [-0.2, -0.15) is 15.0 Å². The number of nitrogens with zero attached hydrogens (tertiary/aromatic N) is 3. The highest BCUT2D eigenvalue weighted by Gasteiger charge is 2.19. The molecule has 0 bridgehead atoms. The molecule has 1 aromatic rings. The second-order valence-electron chi connectivity index (χ2n) is 6.59. The average Bonchev–Trinajstić information content (AvgIpc) is 2.34. The Morgan fingerprint density at radius 2 is 2.00 bits per heavy atom. The molecular formula is C15H24N5O2+. The molecule has 0 radical (unpaired) electrons. The second kappa shape index (κ2) is 6.71. The summed E-state index contributed by atoms with van der Waals surface area (Å²) in [5, 5.41) is 16.2. The van der Waals surface area contributed by atoms with Crippen molar-refractivity contribution >= 4 is 5.91 Å². The van der Waals surface area contributed by atoms with Crippen LogP contribution in [0.25, 0.3) is 0 Å². The number of hydrogen-bond donors (Lipinski definition) is 2. The zero-order valence-corrected chi connectivity index (χ0v) is 14.1. The van der Waals surface area contributed by atoms with Crippen molar-refractivity contribution in [3.63, 3.8) is 0 Å². The van der Waals surface area contributed by atoms with Gasteiger partial charge in [-0.3, -0.25) is 9.59 Å². The summed E-state index contributed by atoms with van der Waals surface area (Å²) in [6.07, 6.45) is 0. The SMILES string of the molecule is Cc1nn(C[NH+](C)CC(=O)NC(C)(C)C)c(=O)c(C#N)c1C. The van der Waals surface area contributed by atoms with Gasteiger partial charge in [0.15, 0.2) is 13.2 Å². The molecule has 2 N–H and O–H groups in total. The molecule has 0 fully saturated rings. The summed E-state index contributed by atoms with van der Waals surface area (Å²) in [7, 11) is 1.80. The van der Waals surface area contributed by atoms with Crippen LogP contribution in [0.2, 0.25) is 0 Å². The Balaban J connectivity index is 2.88. The number of aryl methyl sites for hydroxylation is 1. The molecule has 7 nitrogen and oxygen atoms in total. The molecule has 1 unspecified atom stereocenters. The van der Waals surface area contributed by atoms with E-state index in [1.807, 2.05) is 26.8 Å². The molecule has 0 saturated carbocycles. The van der Waals surface area contributed by atoms with E-state index in [0.717, 1.165) is 4.90 Å². The van der Waals surface area contributed by atoms with E-state index in [9.17, 15) is 9.59 Å². The van der Waals surface area contributed by atoms with E-state index in [4.69, 9.17) is 5.26 Å². The maximum absolute atomic E-state index is 12.2. The van der Waals surface area contributed by atoms with Gasteiger partial charge in [0.2, 0.25) is 0 Å². The summed E-state index contributed by atoms with van der Waals surface area (Å²) >= 11 is 0. The van der Waals surface area contributed by atoms with Crippen molar-refractivity contribution in [1.82, 2.24) is 15.1 Å². The normalized spacial score (nSPS) is 12.6. The molecule has 0 aliphatic heterocycles. The molecule has 7 heteroatoms. The van der Waals surface area contributed by atoms with Crippen LogP contribution in [0.3, 0.4) is 0 Å². The fourth-order valence-electron chi connectivity index (χ4n) is 2.06. The predicted molar refractivity (Wildman–Crippen MR) is 82.3 cm³/mol. The molecule has 1 amide bonds. The molecule has 0 saturated heterocycles. The molecule has 0 spiro atoms. The van der Waals surface area contributed by atoms with Crippen LogP contribution in [0.4, 0.5) is 0 Å². The third kappa shape index (κ3) is 4.67. The molecule has 1 aromatic heterocycles. The number of quaternary nitrogens is 1. The monoisotopic (exact) mass is 306 g/mol. The van der Waals surface area contributed by atoms with Crippen molar-refractivity contribution in [3.8, 4) is 6.07 Å². The Morgan fingerprint density at radius 3 is 2.50 bits per heavy atom. The van der Waals surface area contributed by atoms with Crippen LogP contribution < -0.4 is 15.8 Å². The first kappa shape index (κ1) is 17.9. The van der Waals surface area contributed by atoms with Crippen molar-refractivity contribution in [2.24, 2.45) is 0 Å². The number of rotatable bonds is 4. The number of carbonyl (C=O) groups is 1. The van der Waals surface area contributed by atoms with Gasteiger partial charge in [-0.15, -0.1) is 0 Å². The van der Waals surface area contributed by atoms with Gasteiger partial charge in [0.1, 0.15) is 11.6 Å². The smallest absolute Gasteiger partial charge is 0.289 e. The van der Waals surface area contributed by atoms with Crippen LogP contribution in [-0.2, 0) is 11.5 Å². The molecule has 0 aliphatic rings. The third-order valence-corrected chi connectivity index (χ3v) is 3.14. The number of carbonyl (C=O) groups excluding carboxylic acids is 1. The lowest BCUT2D eigenvalue weighted by atomic mass is 10.1. The number of likely N-dealkylation sites (N-methyl/N-ethyl adjacent to an activating group) is 1. The number of hydrogen-bond acceptors (Lipinski definition) is 4. The predicted octanol–water partition coefficient (Wildman–Crippen LogP) is -0.881. The molecule has 120 valence electrons. The van der Waals surface area contributed by atoms with Crippen molar-refractivity contribution in [3.05, 3.63) is 27.2 Å². The first-order valence-electron chi connectivity index (χ1n) is 7.16. The summed E-state index contributed by atoms with van der Waals surface area (Å²) in [6, 6.07) is 1.93. The molecule has 0 aliphatic carbocycles. The van der Waals surface area contributed by atoms with Crippen molar-refractivity contribution < 1.29 is 9.69 Å². The standard InChI is InChI=1S/C15H23N5O2/c1-10-11(2)18-20(14(22)12(10)7-16)9-19(6)8-13(21)17-15(3,4)5/h8-9H2,1-6H3,(H,17,21)/p+1. The maximum Gasteiger partial charge on any atom is 0.289 e. The van der Waals surface area contributed by atoms with Gasteiger partial charge in [0, 0.05) is 5.54 Å². The molecule has 22 heavy (non-hydrogen) atoms. The quantitative estimate of drug-likeness (QED) is 0.755. The van der Waals surface area contributed by atoms with E-state index in [0.29, 0.717) is 11.3 Å². The second-order valence-corrected chi connectivity index (χ2v) is 6.59. The van der Waals surface area contributed by atoms with E-state index >= 15 is 0 Å². The minimum absolute atomic E-state index is 0.0950. The minimum Gasteiger partial charge on any atom is -0.347 e. The Labute approximate surface area is 130 Å². The van der Waals surface area contributed by atoms with Gasteiger partial charge >= 0.3 is 0 Å². The van der Waals surface area contributed by atoms with Gasteiger partial charge in [-0.25, -0.2) is 0 Å². The first-order chi connectivity index (χ1) is 10.0. The van der Waals surface area contributed by atoms with Gasteiger partial charge in [-0.1, -0.05) is 0 Å². The maximum atomic E-state index is 12.2. The molecular weight excluding hydrogens is 282 g/mol. The zero-order chi connectivity index (χ0) is 17.1. The number of aromatic nitrogens is 2. The largest absolute Gasteiger partial charge is 0.347 e. The van der Waals surface area contributed by atoms with Crippen molar-refractivity contribution in [2.45, 2.75) is 46.8 Å². The fraction of sp³-hybridized carbons (Fsp3) is 0.600. The lowest BCUT2D eigenvalue weighted by Gasteiger charge is -2.22. The summed E-state index contributed by atoms with van der Waals surface area (Å²) in [6.45, 7) is 9.65. The van der Waals surface area contributed by atoms with E-state index < -0.39 is 5.56 Å². The molecule has 0 aromatic carbocycles. The summed E-state index contributed by atoms with van der Waals surface area (Å²) in [5.41, 5.74) is 0.650. The lowest BCUT2D eigenvalue weighted by Crippen LogP contribution is -3.10. The average molecular weight is 306 g/mol. The highest BCUT2D eigenvalue weighted by Crippen LogP contribution is 2.03. The topological polar surface area (TPSA) is 92.2 Å². The number of nitriles is 1. The van der Waals surface area contributed by atoms with E-state index in [1.54, 1.807) is 20.9 Å². The Kier molecular flexibility index (Phi) is 5.44. The number of amides is 1. The van der Waals surface area contributed by atoms with Gasteiger partial charge in [0.05, 0.1) is 12.7 Å². The van der Waals surface area contributed by atoms with Crippen LogP contribution in [0, 0.1) is 25.2 Å². The minimum atomic E-state index is -0.416. The van der Waals surface area contributed by atoms with E-state index in [-0.39, 0.29) is 30.2 Å². The van der Waals surface area contributed by atoms with Crippen molar-refractivity contribution in [2.75, 3.05) is 13.6 Å². The lowest BCUT2D eigenvalue weighted by molar-refractivity contribution is -0.896. The van der Waals surface area contributed by atoms with Crippen molar-refractivity contribution in [1.29, 1.82) is 5.26 Å². The van der Waals surface area contributed by atoms with Crippen LogP contribution in [-0.4, -0.2) is 34.8 Å². The highest BCUT2D eigenvalue weighted by atomic mass is 16.2. The molecule has 1 rings (SSSR count). The number of nitrogens with one attached hydrogen (secondary N) is 2. The van der Waals surface area contributed by atoms with E-state index in [2.05, 4.69) is 10.4 Å². The van der Waals surface area contributed by atoms with Crippen LogP contribution in [0.5, 0.6) is 0 Å². The molecule has 1 atom stereocenters. The van der Waals surface area contributed by atoms with Crippen LogP contribution in [0.1, 0.15) is 37.6 Å². The zero-order valence-electron chi connectivity index (χ0n) is 14.1. The summed E-state index contributed by atoms with van der Waals surface area (Å²) in [4.78, 5) is 24.9. The van der Waals surface area contributed by atoms with Gasteiger partial charge < -0.3 is 10.2 Å². The summed E-state index contributed by atoms with van der Waals surface area (Å²) < 4.78 is 1.25. The Hall–Kier alpha value is -2.20.